The number of nitrogen functional groups attached to an aromatic ring is 1. The number of pyridine rings is 2. The van der Waals surface area contributed by atoms with Crippen LogP contribution in [0.5, 0.6) is 5.88 Å². The fourth-order valence-corrected chi connectivity index (χ4v) is 5.64. The number of hydrogen-bond donors (Lipinski definition) is 3. The third-order valence-corrected chi connectivity index (χ3v) is 7.39. The van der Waals surface area contributed by atoms with Gasteiger partial charge in [-0.15, -0.1) is 0 Å². The Bertz CT molecular complexity index is 1370. The molecule has 2 aromatic heterocycles. The van der Waals surface area contributed by atoms with E-state index in [1.165, 1.54) is 6.20 Å². The fourth-order valence-electron chi connectivity index (χ4n) is 5.64. The van der Waals surface area contributed by atoms with Crippen molar-refractivity contribution in [1.29, 1.82) is 0 Å². The van der Waals surface area contributed by atoms with Gasteiger partial charge < -0.3 is 30.2 Å². The number of hydrogen-bond acceptors (Lipinski definition) is 9. The van der Waals surface area contributed by atoms with E-state index in [2.05, 4.69) is 32.5 Å². The number of ether oxygens (including phenoxy) is 3. The summed E-state index contributed by atoms with van der Waals surface area (Å²) in [5.74, 6) is 0.500. The molecule has 0 radical (unpaired) electrons. The molecule has 6 rings (SSSR count). The van der Waals surface area contributed by atoms with Crippen LogP contribution in [0, 0.1) is 24.6 Å². The molecule has 0 saturated carbocycles. The highest BCUT2D eigenvalue weighted by molar-refractivity contribution is 5.99. The first-order valence-corrected chi connectivity index (χ1v) is 12.4. The van der Waals surface area contributed by atoms with E-state index >= 15 is 4.39 Å². The van der Waals surface area contributed by atoms with Crippen LogP contribution in [-0.4, -0.2) is 73.6 Å². The molecule has 3 atom stereocenters. The molecule has 2 fully saturated rings. The van der Waals surface area contributed by atoms with E-state index < -0.39 is 11.9 Å². The molecule has 5 heterocycles. The number of rotatable bonds is 3. The lowest BCUT2D eigenvalue weighted by Gasteiger charge is -2.44. The third kappa shape index (κ3) is 4.27. The van der Waals surface area contributed by atoms with Crippen molar-refractivity contribution < 1.29 is 23.4 Å². The van der Waals surface area contributed by atoms with Crippen molar-refractivity contribution in [1.82, 2.24) is 14.9 Å². The first kappa shape index (κ1) is 23.7. The Labute approximate surface area is 213 Å². The lowest BCUT2D eigenvalue weighted by Crippen LogP contribution is -2.55. The second-order valence-corrected chi connectivity index (χ2v) is 9.97. The number of likely N-dealkylation sites (tertiary alicyclic amines) is 1. The highest BCUT2D eigenvalue weighted by Crippen LogP contribution is 2.39. The van der Waals surface area contributed by atoms with Gasteiger partial charge in [0.2, 0.25) is 5.88 Å². The molecular weight excluding hydrogens is 479 g/mol. The van der Waals surface area contributed by atoms with Gasteiger partial charge >= 0.3 is 6.09 Å². The number of nitrogens with zero attached hydrogens (tertiary/aromatic N) is 3. The van der Waals surface area contributed by atoms with Crippen LogP contribution in [0.15, 0.2) is 24.5 Å². The van der Waals surface area contributed by atoms with E-state index in [0.717, 1.165) is 24.3 Å². The molecule has 37 heavy (non-hydrogen) atoms. The molecule has 2 saturated heterocycles. The molecule has 11 heteroatoms. The topological polar surface area (TPSA) is 124 Å². The van der Waals surface area contributed by atoms with Gasteiger partial charge in [-0.2, -0.15) is 0 Å². The quantitative estimate of drug-likeness (QED) is 0.457. The lowest BCUT2D eigenvalue weighted by molar-refractivity contribution is -0.119. The summed E-state index contributed by atoms with van der Waals surface area (Å²) in [6.45, 7) is 5.82. The Morgan fingerprint density at radius 3 is 2.78 bits per heavy atom. The fraction of sp³-hybridized carbons (Fsp3) is 0.423. The average Bonchev–Trinajstić information content (AvgIpc) is 2.87. The van der Waals surface area contributed by atoms with Gasteiger partial charge in [-0.25, -0.2) is 19.2 Å². The van der Waals surface area contributed by atoms with Crippen LogP contribution in [0.25, 0.3) is 21.9 Å². The van der Waals surface area contributed by atoms with Crippen molar-refractivity contribution in [2.45, 2.75) is 13.0 Å². The molecule has 3 aromatic rings. The summed E-state index contributed by atoms with van der Waals surface area (Å²) in [5.41, 5.74) is 8.62. The second-order valence-electron chi connectivity index (χ2n) is 9.97. The maximum atomic E-state index is 15.4. The minimum atomic E-state index is -0.575. The first-order chi connectivity index (χ1) is 17.9. The van der Waals surface area contributed by atoms with Gasteiger partial charge in [0.25, 0.3) is 0 Å². The maximum absolute atomic E-state index is 15.4. The summed E-state index contributed by atoms with van der Waals surface area (Å²) < 4.78 is 32.5. The monoisotopic (exact) mass is 508 g/mol. The minimum absolute atomic E-state index is 0.0189. The molecule has 2 unspecified atom stereocenters. The number of nitrogens with one attached hydrogen (secondary N) is 2. The summed E-state index contributed by atoms with van der Waals surface area (Å²) in [7, 11) is 2.06. The summed E-state index contributed by atoms with van der Waals surface area (Å²) in [5, 5.41) is 7.08. The number of fused-ring (bicyclic) bond motifs is 4. The molecule has 1 aromatic carbocycles. The van der Waals surface area contributed by atoms with Crippen molar-refractivity contribution in [3.8, 4) is 17.0 Å². The van der Waals surface area contributed by atoms with E-state index in [1.54, 1.807) is 18.3 Å². The molecule has 2 bridgehead atoms. The zero-order chi connectivity index (χ0) is 25.7. The Balaban J connectivity index is 1.28. The zero-order valence-electron chi connectivity index (χ0n) is 20.7. The SMILES string of the molecule is Cc1c(-c2cc3cc(NC(=O)OC4C5COC[C@@H]4CN(C)C5)ncc3c(N)c2F)cnc2c1NCCO2. The van der Waals surface area contributed by atoms with Crippen molar-refractivity contribution in [3.05, 3.63) is 35.9 Å². The normalized spacial score (nSPS) is 23.1. The molecule has 10 nitrogen and oxygen atoms in total. The smallest absolute Gasteiger partial charge is 0.413 e. The summed E-state index contributed by atoms with van der Waals surface area (Å²) in [6, 6.07) is 3.36. The van der Waals surface area contributed by atoms with Gasteiger partial charge in [0.05, 0.1) is 18.9 Å². The highest BCUT2D eigenvalue weighted by atomic mass is 19.1. The predicted octanol–water partition coefficient (Wildman–Crippen LogP) is 3.26. The molecule has 1 amide bonds. The van der Waals surface area contributed by atoms with Crippen molar-refractivity contribution in [2.75, 3.05) is 62.9 Å². The van der Waals surface area contributed by atoms with E-state index in [-0.39, 0.29) is 23.6 Å². The summed E-state index contributed by atoms with van der Waals surface area (Å²) in [4.78, 5) is 23.7. The minimum Gasteiger partial charge on any atom is -0.474 e. The van der Waals surface area contributed by atoms with Crippen LogP contribution in [-0.2, 0) is 9.47 Å². The number of aromatic nitrogens is 2. The van der Waals surface area contributed by atoms with Crippen molar-refractivity contribution in [3.63, 3.8) is 0 Å². The molecule has 0 spiro atoms. The zero-order valence-corrected chi connectivity index (χ0v) is 20.7. The molecule has 3 aliphatic rings. The van der Waals surface area contributed by atoms with Gasteiger partial charge in [-0.1, -0.05) is 0 Å². The van der Waals surface area contributed by atoms with Crippen LogP contribution in [0.4, 0.5) is 26.4 Å². The molecule has 3 aliphatic heterocycles. The van der Waals surface area contributed by atoms with Crippen molar-refractivity contribution >= 4 is 34.1 Å². The summed E-state index contributed by atoms with van der Waals surface area (Å²) in [6.07, 6.45) is 2.26. The first-order valence-electron chi connectivity index (χ1n) is 12.4. The number of piperidine rings is 1. The van der Waals surface area contributed by atoms with Crippen LogP contribution in [0.2, 0.25) is 0 Å². The Hall–Kier alpha value is -3.70. The predicted molar refractivity (Wildman–Crippen MR) is 137 cm³/mol. The molecule has 0 aliphatic carbocycles. The standard InChI is InChI=1S/C26H29FN6O4/c1-13-18(7-31-25-23(13)29-3-4-36-25)17-5-14-6-20(30-8-19(14)22(28)21(17)27)32-26(34)37-24-15-9-33(2)10-16(24)12-35-11-15/h5-8,15-16,24,29H,3-4,9-12,28H2,1-2H3,(H,30,32,34)/t15-,16?,24?/m0/s1. The molecule has 194 valence electrons. The van der Waals surface area contributed by atoms with Crippen LogP contribution >= 0.6 is 0 Å². The number of nitrogens with two attached hydrogens (primary N) is 1. The number of carbonyl (C=O) groups is 1. The third-order valence-electron chi connectivity index (χ3n) is 7.39. The number of amides is 1. The van der Waals surface area contributed by atoms with E-state index in [1.807, 2.05) is 6.92 Å². The van der Waals surface area contributed by atoms with Gasteiger partial charge in [0.15, 0.2) is 5.82 Å². The number of benzene rings is 1. The van der Waals surface area contributed by atoms with Gasteiger partial charge in [-0.05, 0) is 37.1 Å². The number of carbonyl (C=O) groups excluding carboxylic acids is 1. The van der Waals surface area contributed by atoms with E-state index in [4.69, 9.17) is 19.9 Å². The molecule has 4 N–H and O–H groups in total. The van der Waals surface area contributed by atoms with Crippen molar-refractivity contribution in [2.24, 2.45) is 11.8 Å². The maximum Gasteiger partial charge on any atom is 0.413 e. The van der Waals surface area contributed by atoms with Crippen LogP contribution < -0.4 is 21.1 Å². The Kier molecular flexibility index (Phi) is 5.96. The second kappa shape index (κ2) is 9.31. The molecular formula is C26H29FN6O4. The Morgan fingerprint density at radius 2 is 2.00 bits per heavy atom. The summed E-state index contributed by atoms with van der Waals surface area (Å²) >= 11 is 0. The van der Waals surface area contributed by atoms with E-state index in [9.17, 15) is 4.79 Å². The van der Waals surface area contributed by atoms with Gasteiger partial charge in [0.1, 0.15) is 24.2 Å². The highest BCUT2D eigenvalue weighted by Gasteiger charge is 2.41. The van der Waals surface area contributed by atoms with Crippen LogP contribution in [0.1, 0.15) is 5.56 Å². The van der Waals surface area contributed by atoms with E-state index in [0.29, 0.717) is 60.0 Å². The number of anilines is 3. The largest absolute Gasteiger partial charge is 0.474 e. The average molecular weight is 509 g/mol. The van der Waals surface area contributed by atoms with Crippen LogP contribution in [0.3, 0.4) is 0 Å². The lowest BCUT2D eigenvalue weighted by atomic mass is 9.85. The number of halogens is 1. The van der Waals surface area contributed by atoms with Gasteiger partial charge in [-0.3, -0.25) is 5.32 Å². The van der Waals surface area contributed by atoms with Gasteiger partial charge in [0, 0.05) is 60.4 Å². The Morgan fingerprint density at radius 1 is 1.22 bits per heavy atom.